The van der Waals surface area contributed by atoms with Crippen LogP contribution in [0.1, 0.15) is 45.5 Å². The lowest BCUT2D eigenvalue weighted by molar-refractivity contribution is 0.0726. The van der Waals surface area contributed by atoms with E-state index in [9.17, 15) is 9.59 Å². The van der Waals surface area contributed by atoms with Gasteiger partial charge in [-0.05, 0) is 43.9 Å². The smallest absolute Gasteiger partial charge is 0.257 e. The lowest BCUT2D eigenvalue weighted by atomic mass is 10.0. The highest BCUT2D eigenvalue weighted by Crippen LogP contribution is 2.37. The highest BCUT2D eigenvalue weighted by Gasteiger charge is 2.27. The molecule has 0 saturated carbocycles. The number of piperidine rings is 1. The number of aryl methyl sites for hydroxylation is 1. The molecular formula is C24H24N2O2S. The molecule has 2 amide bonds. The molecule has 0 aliphatic carbocycles. The van der Waals surface area contributed by atoms with Gasteiger partial charge in [-0.15, -0.1) is 11.3 Å². The molecule has 1 aromatic heterocycles. The molecule has 1 fully saturated rings. The van der Waals surface area contributed by atoms with Gasteiger partial charge in [0, 0.05) is 29.6 Å². The summed E-state index contributed by atoms with van der Waals surface area (Å²) >= 11 is 1.41. The summed E-state index contributed by atoms with van der Waals surface area (Å²) in [6, 6.07) is 17.3. The Balaban J connectivity index is 1.69. The van der Waals surface area contributed by atoms with E-state index in [1.54, 1.807) is 0 Å². The number of nitrogens with one attached hydrogen (secondary N) is 1. The highest BCUT2D eigenvalue weighted by molar-refractivity contribution is 7.15. The lowest BCUT2D eigenvalue weighted by Crippen LogP contribution is -2.36. The maximum absolute atomic E-state index is 13.4. The average Bonchev–Trinajstić information content (AvgIpc) is 3.18. The van der Waals surface area contributed by atoms with Crippen molar-refractivity contribution in [1.29, 1.82) is 0 Å². The third kappa shape index (κ3) is 4.25. The van der Waals surface area contributed by atoms with Crippen LogP contribution in [0.2, 0.25) is 0 Å². The van der Waals surface area contributed by atoms with Gasteiger partial charge in [0.25, 0.3) is 11.8 Å². The largest absolute Gasteiger partial charge is 0.339 e. The summed E-state index contributed by atoms with van der Waals surface area (Å²) in [6.45, 7) is 3.53. The van der Waals surface area contributed by atoms with Gasteiger partial charge in [-0.3, -0.25) is 9.59 Å². The molecule has 0 spiro atoms. The molecule has 5 heteroatoms. The van der Waals surface area contributed by atoms with Crippen molar-refractivity contribution < 1.29 is 9.59 Å². The Hall–Kier alpha value is -2.92. The van der Waals surface area contributed by atoms with E-state index in [4.69, 9.17) is 0 Å². The number of anilines is 1. The van der Waals surface area contributed by atoms with Crippen LogP contribution < -0.4 is 5.32 Å². The number of carbonyl (C=O) groups is 2. The number of carbonyl (C=O) groups excluding carboxylic acids is 2. The quantitative estimate of drug-likeness (QED) is 0.615. The van der Waals surface area contributed by atoms with Crippen molar-refractivity contribution in [1.82, 2.24) is 4.90 Å². The molecule has 1 saturated heterocycles. The first-order valence-electron chi connectivity index (χ1n) is 9.97. The first kappa shape index (κ1) is 19.4. The second kappa shape index (κ2) is 8.62. The van der Waals surface area contributed by atoms with Gasteiger partial charge in [-0.1, -0.05) is 48.0 Å². The molecule has 0 unspecified atom stereocenters. The first-order chi connectivity index (χ1) is 14.1. The molecule has 0 atom stereocenters. The minimum Gasteiger partial charge on any atom is -0.339 e. The Labute approximate surface area is 175 Å². The van der Waals surface area contributed by atoms with Crippen LogP contribution in [0.5, 0.6) is 0 Å². The van der Waals surface area contributed by atoms with Crippen LogP contribution in [-0.2, 0) is 0 Å². The van der Waals surface area contributed by atoms with Crippen molar-refractivity contribution in [2.75, 3.05) is 18.4 Å². The van der Waals surface area contributed by atoms with Crippen LogP contribution in [0, 0.1) is 6.92 Å². The Kier molecular flexibility index (Phi) is 5.76. The Bertz CT molecular complexity index is 1000. The molecule has 0 bridgehead atoms. The molecule has 2 heterocycles. The fourth-order valence-electron chi connectivity index (χ4n) is 3.63. The molecule has 148 valence electrons. The van der Waals surface area contributed by atoms with Crippen LogP contribution >= 0.6 is 11.3 Å². The van der Waals surface area contributed by atoms with E-state index in [-0.39, 0.29) is 11.8 Å². The first-order valence-corrected chi connectivity index (χ1v) is 10.9. The van der Waals surface area contributed by atoms with Gasteiger partial charge in [0.05, 0.1) is 5.56 Å². The van der Waals surface area contributed by atoms with E-state index in [1.807, 2.05) is 71.8 Å². The fourth-order valence-corrected chi connectivity index (χ4v) is 4.58. The molecule has 1 N–H and O–H groups in total. The Morgan fingerprint density at radius 3 is 2.31 bits per heavy atom. The topological polar surface area (TPSA) is 49.4 Å². The van der Waals surface area contributed by atoms with Gasteiger partial charge >= 0.3 is 0 Å². The molecule has 1 aliphatic heterocycles. The molecule has 29 heavy (non-hydrogen) atoms. The van der Waals surface area contributed by atoms with Crippen LogP contribution in [0.25, 0.3) is 11.1 Å². The van der Waals surface area contributed by atoms with Crippen molar-refractivity contribution in [2.45, 2.75) is 26.2 Å². The van der Waals surface area contributed by atoms with Crippen LogP contribution in [-0.4, -0.2) is 29.8 Å². The molecule has 4 nitrogen and oxygen atoms in total. The number of amides is 2. The van der Waals surface area contributed by atoms with E-state index < -0.39 is 0 Å². The van der Waals surface area contributed by atoms with Gasteiger partial charge in [0.15, 0.2) is 0 Å². The summed E-state index contributed by atoms with van der Waals surface area (Å²) < 4.78 is 0. The second-order valence-corrected chi connectivity index (χ2v) is 8.27. The summed E-state index contributed by atoms with van der Waals surface area (Å²) in [4.78, 5) is 28.1. The SMILES string of the molecule is Cc1ccc(C(=O)Nc2scc(-c3ccccc3)c2C(=O)N2CCCCC2)cc1. The van der Waals surface area contributed by atoms with Gasteiger partial charge < -0.3 is 10.2 Å². The number of hydrogen-bond acceptors (Lipinski definition) is 3. The van der Waals surface area contributed by atoms with Crippen molar-refractivity contribution >= 4 is 28.2 Å². The molecule has 1 aliphatic rings. The summed E-state index contributed by atoms with van der Waals surface area (Å²) in [7, 11) is 0. The predicted molar refractivity (Wildman–Crippen MR) is 119 cm³/mol. The zero-order valence-electron chi connectivity index (χ0n) is 16.5. The van der Waals surface area contributed by atoms with E-state index in [0.29, 0.717) is 16.1 Å². The Morgan fingerprint density at radius 1 is 0.931 bits per heavy atom. The normalized spacial score (nSPS) is 13.9. The fraction of sp³-hybridized carbons (Fsp3) is 0.250. The number of likely N-dealkylation sites (tertiary alicyclic amines) is 1. The predicted octanol–water partition coefficient (Wildman–Crippen LogP) is 5.60. The van der Waals surface area contributed by atoms with Crippen LogP contribution in [0.15, 0.2) is 60.0 Å². The third-order valence-electron chi connectivity index (χ3n) is 5.27. The maximum Gasteiger partial charge on any atom is 0.257 e. The summed E-state index contributed by atoms with van der Waals surface area (Å²) in [6.07, 6.45) is 3.22. The van der Waals surface area contributed by atoms with Crippen molar-refractivity contribution in [3.05, 3.63) is 76.7 Å². The number of hydrogen-bond donors (Lipinski definition) is 1. The molecular weight excluding hydrogens is 380 g/mol. The van der Waals surface area contributed by atoms with Gasteiger partial charge in [-0.25, -0.2) is 0 Å². The van der Waals surface area contributed by atoms with Gasteiger partial charge in [0.2, 0.25) is 0 Å². The van der Waals surface area contributed by atoms with E-state index in [2.05, 4.69) is 5.32 Å². The van der Waals surface area contributed by atoms with Gasteiger partial charge in [0.1, 0.15) is 5.00 Å². The highest BCUT2D eigenvalue weighted by atomic mass is 32.1. The number of benzene rings is 2. The zero-order chi connectivity index (χ0) is 20.2. The number of nitrogens with zero attached hydrogens (tertiary/aromatic N) is 1. The molecule has 2 aromatic carbocycles. The minimum atomic E-state index is -0.195. The van der Waals surface area contributed by atoms with Crippen molar-refractivity contribution in [3.8, 4) is 11.1 Å². The van der Waals surface area contributed by atoms with Crippen LogP contribution in [0.4, 0.5) is 5.00 Å². The summed E-state index contributed by atoms with van der Waals surface area (Å²) in [5.41, 5.74) is 4.15. The van der Waals surface area contributed by atoms with Crippen molar-refractivity contribution in [3.63, 3.8) is 0 Å². The average molecular weight is 405 g/mol. The van der Waals surface area contributed by atoms with E-state index in [0.717, 1.165) is 49.0 Å². The van der Waals surface area contributed by atoms with Crippen LogP contribution in [0.3, 0.4) is 0 Å². The lowest BCUT2D eigenvalue weighted by Gasteiger charge is -2.27. The third-order valence-corrected chi connectivity index (χ3v) is 6.17. The zero-order valence-corrected chi connectivity index (χ0v) is 17.3. The second-order valence-electron chi connectivity index (χ2n) is 7.39. The standard InChI is InChI=1S/C24H24N2O2S/c1-17-10-12-19(13-11-17)22(27)25-23-21(24(28)26-14-6-3-7-15-26)20(16-29-23)18-8-4-2-5-9-18/h2,4-5,8-13,16H,3,6-7,14-15H2,1H3,(H,25,27). The van der Waals surface area contributed by atoms with Crippen molar-refractivity contribution in [2.24, 2.45) is 0 Å². The van der Waals surface area contributed by atoms with Gasteiger partial charge in [-0.2, -0.15) is 0 Å². The molecule has 0 radical (unpaired) electrons. The monoisotopic (exact) mass is 404 g/mol. The number of rotatable bonds is 4. The Morgan fingerprint density at radius 2 is 1.62 bits per heavy atom. The molecule has 4 rings (SSSR count). The molecule has 3 aromatic rings. The number of thiophene rings is 1. The summed E-state index contributed by atoms with van der Waals surface area (Å²) in [5.74, 6) is -0.192. The van der Waals surface area contributed by atoms with E-state index >= 15 is 0 Å². The summed E-state index contributed by atoms with van der Waals surface area (Å²) in [5, 5.41) is 5.57. The van der Waals surface area contributed by atoms with E-state index in [1.165, 1.54) is 11.3 Å². The maximum atomic E-state index is 13.4. The minimum absolute atomic E-state index is 0.00371.